The summed E-state index contributed by atoms with van der Waals surface area (Å²) in [4.78, 5) is 0. The second kappa shape index (κ2) is 6.15. The van der Waals surface area contributed by atoms with Gasteiger partial charge in [-0.15, -0.1) is 10.2 Å². The van der Waals surface area contributed by atoms with Crippen LogP contribution in [0.4, 0.5) is 0 Å². The Hall–Kier alpha value is -2.40. The normalized spacial score (nSPS) is 12.5. The fraction of sp³-hybridized carbons (Fsp3) is 0.294. The first-order valence-corrected chi connectivity index (χ1v) is 7.38. The van der Waals surface area contributed by atoms with Crippen LogP contribution < -0.4 is 5.32 Å². The molecule has 1 N–H and O–H groups in total. The van der Waals surface area contributed by atoms with Crippen LogP contribution in [-0.2, 0) is 13.6 Å². The van der Waals surface area contributed by atoms with E-state index in [2.05, 4.69) is 22.4 Å². The Morgan fingerprint density at radius 2 is 1.91 bits per heavy atom. The van der Waals surface area contributed by atoms with Crippen LogP contribution >= 0.6 is 0 Å². The van der Waals surface area contributed by atoms with E-state index in [9.17, 15) is 0 Å². The van der Waals surface area contributed by atoms with Crippen molar-refractivity contribution in [1.29, 1.82) is 0 Å². The molecule has 2 aromatic heterocycles. The average molecular weight is 296 g/mol. The topological polar surface area (TPSA) is 55.9 Å². The van der Waals surface area contributed by atoms with Gasteiger partial charge in [0.05, 0.1) is 12.6 Å². The molecule has 0 saturated heterocycles. The third-order valence-electron chi connectivity index (χ3n) is 3.75. The smallest absolute Gasteiger partial charge is 0.163 e. The van der Waals surface area contributed by atoms with Crippen LogP contribution in [-0.4, -0.2) is 14.8 Å². The van der Waals surface area contributed by atoms with Crippen molar-refractivity contribution in [3.8, 4) is 11.4 Å². The molecule has 0 unspecified atom stereocenters. The largest absolute Gasteiger partial charge is 0.465 e. The summed E-state index contributed by atoms with van der Waals surface area (Å²) in [5, 5.41) is 12.0. The van der Waals surface area contributed by atoms with Crippen molar-refractivity contribution < 1.29 is 4.42 Å². The lowest BCUT2D eigenvalue weighted by atomic mass is 10.2. The van der Waals surface area contributed by atoms with Crippen LogP contribution in [0.3, 0.4) is 0 Å². The van der Waals surface area contributed by atoms with E-state index in [0.29, 0.717) is 6.54 Å². The SMILES string of the molecule is Cc1ccc([C@H](C)NCc2nnc(-c3ccccc3)n2C)o1. The Balaban J connectivity index is 1.70. The first kappa shape index (κ1) is 14.5. The van der Waals surface area contributed by atoms with Gasteiger partial charge in [-0.05, 0) is 26.0 Å². The summed E-state index contributed by atoms with van der Waals surface area (Å²) in [5.74, 6) is 3.63. The van der Waals surface area contributed by atoms with E-state index in [4.69, 9.17) is 4.42 Å². The van der Waals surface area contributed by atoms with Crippen LogP contribution in [0.2, 0.25) is 0 Å². The van der Waals surface area contributed by atoms with Crippen molar-refractivity contribution in [3.05, 3.63) is 59.8 Å². The number of hydrogen-bond donors (Lipinski definition) is 1. The second-order valence-corrected chi connectivity index (χ2v) is 5.42. The molecule has 0 bridgehead atoms. The predicted molar refractivity (Wildman–Crippen MR) is 85.1 cm³/mol. The number of nitrogens with one attached hydrogen (secondary N) is 1. The lowest BCUT2D eigenvalue weighted by Crippen LogP contribution is -2.20. The van der Waals surface area contributed by atoms with E-state index in [1.807, 2.05) is 61.0 Å². The number of aryl methyl sites for hydroxylation is 1. The van der Waals surface area contributed by atoms with E-state index < -0.39 is 0 Å². The molecule has 5 nitrogen and oxygen atoms in total. The van der Waals surface area contributed by atoms with Crippen molar-refractivity contribution in [2.45, 2.75) is 26.4 Å². The van der Waals surface area contributed by atoms with Gasteiger partial charge in [-0.2, -0.15) is 0 Å². The third kappa shape index (κ3) is 2.94. The minimum Gasteiger partial charge on any atom is -0.465 e. The maximum absolute atomic E-state index is 5.63. The van der Waals surface area contributed by atoms with Gasteiger partial charge in [-0.1, -0.05) is 30.3 Å². The number of furan rings is 1. The molecule has 3 rings (SSSR count). The molecule has 114 valence electrons. The van der Waals surface area contributed by atoms with E-state index in [-0.39, 0.29) is 6.04 Å². The fourth-order valence-corrected chi connectivity index (χ4v) is 2.39. The van der Waals surface area contributed by atoms with Crippen LogP contribution in [0.15, 0.2) is 46.9 Å². The van der Waals surface area contributed by atoms with Crippen molar-refractivity contribution in [2.24, 2.45) is 7.05 Å². The maximum Gasteiger partial charge on any atom is 0.163 e. The summed E-state index contributed by atoms with van der Waals surface area (Å²) in [5.41, 5.74) is 1.07. The number of hydrogen-bond acceptors (Lipinski definition) is 4. The predicted octanol–water partition coefficient (Wildman–Crippen LogP) is 3.23. The highest BCUT2D eigenvalue weighted by Gasteiger charge is 2.13. The number of rotatable bonds is 5. The zero-order chi connectivity index (χ0) is 15.5. The molecule has 0 spiro atoms. The lowest BCUT2D eigenvalue weighted by Gasteiger charge is -2.11. The fourth-order valence-electron chi connectivity index (χ4n) is 2.39. The van der Waals surface area contributed by atoms with Gasteiger partial charge in [0.1, 0.15) is 17.3 Å². The first-order chi connectivity index (χ1) is 10.6. The Kier molecular flexibility index (Phi) is 4.06. The first-order valence-electron chi connectivity index (χ1n) is 7.38. The van der Waals surface area contributed by atoms with Gasteiger partial charge in [0.2, 0.25) is 0 Å². The van der Waals surface area contributed by atoms with Gasteiger partial charge in [0, 0.05) is 12.6 Å². The van der Waals surface area contributed by atoms with Crippen LogP contribution in [0, 0.1) is 6.92 Å². The summed E-state index contributed by atoms with van der Waals surface area (Å²) in [6, 6.07) is 14.2. The average Bonchev–Trinajstić information content (AvgIpc) is 3.12. The molecule has 3 aromatic rings. The molecule has 0 aliphatic heterocycles. The Labute approximate surface area is 130 Å². The zero-order valence-corrected chi connectivity index (χ0v) is 13.1. The summed E-state index contributed by atoms with van der Waals surface area (Å²) in [6.45, 7) is 4.66. The molecular formula is C17H20N4O. The molecule has 5 heteroatoms. The van der Waals surface area contributed by atoms with E-state index in [0.717, 1.165) is 28.7 Å². The summed E-state index contributed by atoms with van der Waals surface area (Å²) >= 11 is 0. The van der Waals surface area contributed by atoms with Gasteiger partial charge in [0.25, 0.3) is 0 Å². The highest BCUT2D eigenvalue weighted by atomic mass is 16.3. The minimum atomic E-state index is 0.130. The van der Waals surface area contributed by atoms with E-state index >= 15 is 0 Å². The van der Waals surface area contributed by atoms with E-state index in [1.54, 1.807) is 0 Å². The quantitative estimate of drug-likeness (QED) is 0.785. The molecule has 0 aliphatic carbocycles. The maximum atomic E-state index is 5.63. The van der Waals surface area contributed by atoms with Crippen molar-refractivity contribution in [3.63, 3.8) is 0 Å². The molecule has 0 saturated carbocycles. The monoisotopic (exact) mass is 296 g/mol. The zero-order valence-electron chi connectivity index (χ0n) is 13.1. The lowest BCUT2D eigenvalue weighted by molar-refractivity contribution is 0.411. The van der Waals surface area contributed by atoms with Gasteiger partial charge >= 0.3 is 0 Å². The number of nitrogens with zero attached hydrogens (tertiary/aromatic N) is 3. The van der Waals surface area contributed by atoms with Crippen molar-refractivity contribution in [2.75, 3.05) is 0 Å². The molecule has 1 atom stereocenters. The molecule has 1 aromatic carbocycles. The van der Waals surface area contributed by atoms with Gasteiger partial charge in [-0.3, -0.25) is 0 Å². The summed E-state index contributed by atoms with van der Waals surface area (Å²) in [6.07, 6.45) is 0. The standard InChI is InChI=1S/C17H20N4O/c1-12-9-10-15(22-12)13(2)18-11-16-19-20-17(21(16)3)14-7-5-4-6-8-14/h4-10,13,18H,11H2,1-3H3/t13-/m0/s1. The number of benzene rings is 1. The third-order valence-corrected chi connectivity index (χ3v) is 3.75. The molecule has 0 aliphatic rings. The highest BCUT2D eigenvalue weighted by molar-refractivity contribution is 5.54. The van der Waals surface area contributed by atoms with Gasteiger partial charge in [-0.25, -0.2) is 0 Å². The summed E-state index contributed by atoms with van der Waals surface area (Å²) < 4.78 is 7.65. The Bertz CT molecular complexity index is 745. The molecule has 0 fully saturated rings. The summed E-state index contributed by atoms with van der Waals surface area (Å²) in [7, 11) is 1.99. The van der Waals surface area contributed by atoms with E-state index in [1.165, 1.54) is 0 Å². The van der Waals surface area contributed by atoms with Crippen LogP contribution in [0.1, 0.15) is 30.3 Å². The Morgan fingerprint density at radius 3 is 2.59 bits per heavy atom. The van der Waals surface area contributed by atoms with Crippen molar-refractivity contribution in [1.82, 2.24) is 20.1 Å². The Morgan fingerprint density at radius 1 is 1.14 bits per heavy atom. The highest BCUT2D eigenvalue weighted by Crippen LogP contribution is 2.18. The van der Waals surface area contributed by atoms with Gasteiger partial charge in [0.15, 0.2) is 5.82 Å². The molecule has 0 amide bonds. The van der Waals surface area contributed by atoms with Crippen LogP contribution in [0.25, 0.3) is 11.4 Å². The van der Waals surface area contributed by atoms with Crippen LogP contribution in [0.5, 0.6) is 0 Å². The minimum absolute atomic E-state index is 0.130. The molecule has 0 radical (unpaired) electrons. The molecule has 22 heavy (non-hydrogen) atoms. The number of aromatic nitrogens is 3. The van der Waals surface area contributed by atoms with Gasteiger partial charge < -0.3 is 14.3 Å². The van der Waals surface area contributed by atoms with Crippen molar-refractivity contribution >= 4 is 0 Å². The molecule has 2 heterocycles. The molecular weight excluding hydrogens is 276 g/mol. The second-order valence-electron chi connectivity index (χ2n) is 5.42.